The van der Waals surface area contributed by atoms with E-state index in [1.54, 1.807) is 11.3 Å². The van der Waals surface area contributed by atoms with E-state index >= 15 is 0 Å². The van der Waals surface area contributed by atoms with Crippen LogP contribution in [0, 0.1) is 0 Å². The molecule has 0 fully saturated rings. The van der Waals surface area contributed by atoms with Crippen LogP contribution in [0.3, 0.4) is 0 Å². The molecule has 16 heavy (non-hydrogen) atoms. The van der Waals surface area contributed by atoms with Crippen molar-refractivity contribution in [2.24, 2.45) is 12.8 Å². The molecule has 2 aromatic heterocycles. The minimum Gasteiger partial charge on any atom is -0.330 e. The van der Waals surface area contributed by atoms with Crippen LogP contribution in [0.1, 0.15) is 5.82 Å². The first kappa shape index (κ1) is 12.1. The van der Waals surface area contributed by atoms with Gasteiger partial charge < -0.3 is 10.3 Å². The molecule has 0 saturated carbocycles. The van der Waals surface area contributed by atoms with E-state index in [9.17, 15) is 0 Å². The number of halogens is 2. The highest BCUT2D eigenvalue weighted by molar-refractivity contribution is 9.10. The average molecular weight is 321 g/mol. The van der Waals surface area contributed by atoms with E-state index in [4.69, 9.17) is 17.3 Å². The van der Waals surface area contributed by atoms with Crippen molar-refractivity contribution in [1.29, 1.82) is 0 Å². The zero-order valence-electron chi connectivity index (χ0n) is 8.70. The Morgan fingerprint density at radius 1 is 1.62 bits per heavy atom. The first-order valence-corrected chi connectivity index (χ1v) is 6.84. The fraction of sp³-hybridized carbons (Fsp3) is 0.300. The summed E-state index contributed by atoms with van der Waals surface area (Å²) in [6.45, 7) is 0.578. The molecular formula is C10H11BrClN3S. The summed E-state index contributed by atoms with van der Waals surface area (Å²) in [5.74, 6) is 0.923. The molecule has 0 bridgehead atoms. The van der Waals surface area contributed by atoms with Crippen LogP contribution in [0.25, 0.3) is 10.6 Å². The smallest absolute Gasteiger partial charge is 0.156 e. The molecule has 0 radical (unpaired) electrons. The SMILES string of the molecule is Cn1c(CCN)nc(Cl)c1-c1cc(Br)cs1. The van der Waals surface area contributed by atoms with Gasteiger partial charge in [0.25, 0.3) is 0 Å². The third-order valence-electron chi connectivity index (χ3n) is 2.31. The van der Waals surface area contributed by atoms with Crippen molar-refractivity contribution in [3.8, 4) is 10.6 Å². The molecule has 0 aliphatic rings. The molecule has 0 atom stereocenters. The standard InChI is InChI=1S/C10H11BrClN3S/c1-15-8(2-3-13)14-10(12)9(15)7-4-6(11)5-16-7/h4-5H,2-3,13H2,1H3. The first-order chi connectivity index (χ1) is 7.63. The van der Waals surface area contributed by atoms with E-state index in [0.717, 1.165) is 27.3 Å². The molecule has 2 heterocycles. The minimum atomic E-state index is 0.542. The van der Waals surface area contributed by atoms with Gasteiger partial charge in [0.15, 0.2) is 5.15 Å². The number of hydrogen-bond acceptors (Lipinski definition) is 3. The Kier molecular flexibility index (Phi) is 3.69. The molecule has 86 valence electrons. The Balaban J connectivity index is 2.48. The van der Waals surface area contributed by atoms with Gasteiger partial charge >= 0.3 is 0 Å². The Morgan fingerprint density at radius 3 is 2.94 bits per heavy atom. The number of nitrogens with zero attached hydrogens (tertiary/aromatic N) is 2. The van der Waals surface area contributed by atoms with Crippen LogP contribution >= 0.6 is 38.9 Å². The third kappa shape index (κ3) is 2.18. The van der Waals surface area contributed by atoms with Crippen molar-refractivity contribution < 1.29 is 0 Å². The Labute approximate surface area is 111 Å². The first-order valence-electron chi connectivity index (χ1n) is 4.79. The number of rotatable bonds is 3. The van der Waals surface area contributed by atoms with Crippen LogP contribution in [0.15, 0.2) is 15.9 Å². The maximum absolute atomic E-state index is 6.15. The fourth-order valence-corrected chi connectivity index (χ4v) is 3.46. The summed E-state index contributed by atoms with van der Waals surface area (Å²) >= 11 is 11.2. The summed E-state index contributed by atoms with van der Waals surface area (Å²) in [6.07, 6.45) is 0.739. The molecule has 0 saturated heterocycles. The van der Waals surface area contributed by atoms with Crippen LogP contribution < -0.4 is 5.73 Å². The molecule has 0 aromatic carbocycles. The molecule has 2 N–H and O–H groups in total. The maximum atomic E-state index is 6.15. The Bertz CT molecular complexity index is 506. The topological polar surface area (TPSA) is 43.8 Å². The second-order valence-electron chi connectivity index (χ2n) is 3.39. The molecule has 3 nitrogen and oxygen atoms in total. The van der Waals surface area contributed by atoms with Gasteiger partial charge in [0.05, 0.1) is 10.6 Å². The fourth-order valence-electron chi connectivity index (χ4n) is 1.57. The van der Waals surface area contributed by atoms with Gasteiger partial charge in [-0.2, -0.15) is 0 Å². The van der Waals surface area contributed by atoms with Crippen molar-refractivity contribution in [3.63, 3.8) is 0 Å². The van der Waals surface area contributed by atoms with E-state index in [1.807, 2.05) is 23.1 Å². The predicted octanol–water partition coefficient (Wildman–Crippen LogP) is 3.07. The molecule has 0 unspecified atom stereocenters. The van der Waals surface area contributed by atoms with Gasteiger partial charge in [-0.3, -0.25) is 0 Å². The molecule has 2 aromatic rings. The number of hydrogen-bond donors (Lipinski definition) is 1. The van der Waals surface area contributed by atoms with Gasteiger partial charge in [0.2, 0.25) is 0 Å². The highest BCUT2D eigenvalue weighted by Crippen LogP contribution is 2.34. The second kappa shape index (κ2) is 4.87. The van der Waals surface area contributed by atoms with E-state index in [0.29, 0.717) is 11.7 Å². The molecule has 2 rings (SSSR count). The van der Waals surface area contributed by atoms with Gasteiger partial charge in [-0.1, -0.05) is 11.6 Å². The van der Waals surface area contributed by atoms with Crippen molar-refractivity contribution in [2.45, 2.75) is 6.42 Å². The van der Waals surface area contributed by atoms with Crippen LogP contribution in [-0.2, 0) is 13.5 Å². The summed E-state index contributed by atoms with van der Waals surface area (Å²) in [4.78, 5) is 5.43. The third-order valence-corrected chi connectivity index (χ3v) is 4.28. The van der Waals surface area contributed by atoms with Crippen molar-refractivity contribution in [2.75, 3.05) is 6.54 Å². The summed E-state index contributed by atoms with van der Waals surface area (Å²) in [5.41, 5.74) is 6.49. The molecular weight excluding hydrogens is 310 g/mol. The van der Waals surface area contributed by atoms with Gasteiger partial charge in [0.1, 0.15) is 5.82 Å². The van der Waals surface area contributed by atoms with Crippen molar-refractivity contribution in [3.05, 3.63) is 26.9 Å². The zero-order valence-corrected chi connectivity index (χ0v) is 11.9. The molecule has 0 spiro atoms. The number of nitrogens with two attached hydrogens (primary N) is 1. The lowest BCUT2D eigenvalue weighted by molar-refractivity contribution is 0.783. The van der Waals surface area contributed by atoms with Crippen LogP contribution in [0.5, 0.6) is 0 Å². The summed E-state index contributed by atoms with van der Waals surface area (Å²) in [6, 6.07) is 2.04. The van der Waals surface area contributed by atoms with Gasteiger partial charge in [-0.25, -0.2) is 4.98 Å². The normalized spacial score (nSPS) is 11.0. The van der Waals surface area contributed by atoms with Crippen LogP contribution in [-0.4, -0.2) is 16.1 Å². The largest absolute Gasteiger partial charge is 0.330 e. The van der Waals surface area contributed by atoms with E-state index in [1.165, 1.54) is 0 Å². The summed E-state index contributed by atoms with van der Waals surface area (Å²) in [5, 5.41) is 2.57. The van der Waals surface area contributed by atoms with Gasteiger partial charge in [-0.05, 0) is 28.5 Å². The van der Waals surface area contributed by atoms with Crippen molar-refractivity contribution in [1.82, 2.24) is 9.55 Å². The van der Waals surface area contributed by atoms with Gasteiger partial charge in [-0.15, -0.1) is 11.3 Å². The maximum Gasteiger partial charge on any atom is 0.156 e. The lowest BCUT2D eigenvalue weighted by Crippen LogP contribution is -2.08. The predicted molar refractivity (Wildman–Crippen MR) is 72.0 cm³/mol. The van der Waals surface area contributed by atoms with Crippen molar-refractivity contribution >= 4 is 38.9 Å². The minimum absolute atomic E-state index is 0.542. The zero-order chi connectivity index (χ0) is 11.7. The molecule has 0 amide bonds. The lowest BCUT2D eigenvalue weighted by atomic mass is 10.3. The average Bonchev–Trinajstić information content (AvgIpc) is 2.74. The summed E-state index contributed by atoms with van der Waals surface area (Å²) in [7, 11) is 1.97. The number of imidazole rings is 1. The van der Waals surface area contributed by atoms with Crippen LogP contribution in [0.4, 0.5) is 0 Å². The van der Waals surface area contributed by atoms with E-state index in [2.05, 4.69) is 20.9 Å². The number of aromatic nitrogens is 2. The Morgan fingerprint density at radius 2 is 2.38 bits per heavy atom. The lowest BCUT2D eigenvalue weighted by Gasteiger charge is -2.02. The monoisotopic (exact) mass is 319 g/mol. The highest BCUT2D eigenvalue weighted by Gasteiger charge is 2.15. The van der Waals surface area contributed by atoms with E-state index < -0.39 is 0 Å². The molecule has 0 aliphatic heterocycles. The second-order valence-corrected chi connectivity index (χ2v) is 5.58. The van der Waals surface area contributed by atoms with Gasteiger partial charge in [0, 0.05) is 23.3 Å². The molecule has 0 aliphatic carbocycles. The Hall–Kier alpha value is -0.360. The highest BCUT2D eigenvalue weighted by atomic mass is 79.9. The quantitative estimate of drug-likeness (QED) is 0.944. The van der Waals surface area contributed by atoms with E-state index in [-0.39, 0.29) is 0 Å². The summed E-state index contributed by atoms with van der Waals surface area (Å²) < 4.78 is 3.07. The molecule has 6 heteroatoms. The number of thiophene rings is 1. The van der Waals surface area contributed by atoms with Crippen LogP contribution in [0.2, 0.25) is 5.15 Å².